The zero-order valence-corrected chi connectivity index (χ0v) is 13.7. The summed E-state index contributed by atoms with van der Waals surface area (Å²) in [5.41, 5.74) is 0. The third-order valence-corrected chi connectivity index (χ3v) is 8.39. The maximum absolute atomic E-state index is 11.7. The summed E-state index contributed by atoms with van der Waals surface area (Å²) in [5.74, 6) is -0.586. The van der Waals surface area contributed by atoms with Crippen LogP contribution in [0.15, 0.2) is 0 Å². The van der Waals surface area contributed by atoms with Gasteiger partial charge in [0.15, 0.2) is 14.4 Å². The van der Waals surface area contributed by atoms with Gasteiger partial charge in [-0.05, 0) is 25.1 Å². The van der Waals surface area contributed by atoms with Gasteiger partial charge in [-0.25, -0.2) is 0 Å². The Balaban J connectivity index is 2.40. The van der Waals surface area contributed by atoms with Crippen molar-refractivity contribution in [2.75, 3.05) is 6.54 Å². The molecule has 1 rings (SSSR count). The Morgan fingerprint density at radius 1 is 1.47 bits per heavy atom. The number of β-lactam (4-membered cyclic amide) rings is 1. The van der Waals surface area contributed by atoms with Crippen LogP contribution in [0.2, 0.25) is 18.1 Å². The molecule has 1 aliphatic rings. The molecule has 5 nitrogen and oxygen atoms in total. The lowest BCUT2D eigenvalue weighted by Crippen LogP contribution is -2.55. The van der Waals surface area contributed by atoms with E-state index in [2.05, 4.69) is 39.2 Å². The maximum atomic E-state index is 11.7. The maximum Gasteiger partial charge on any atom is 0.309 e. The Bertz CT molecular complexity index is 362. The van der Waals surface area contributed by atoms with E-state index in [0.717, 1.165) is 0 Å². The summed E-state index contributed by atoms with van der Waals surface area (Å²) in [6.07, 6.45) is -0.597. The molecule has 1 unspecified atom stereocenters. The van der Waals surface area contributed by atoms with Gasteiger partial charge < -0.3 is 14.5 Å². The van der Waals surface area contributed by atoms with Crippen LogP contribution >= 0.6 is 0 Å². The minimum absolute atomic E-state index is 0.110. The summed E-state index contributed by atoms with van der Waals surface area (Å²) >= 11 is 0. The molecule has 0 spiro atoms. The van der Waals surface area contributed by atoms with Gasteiger partial charge in [0.25, 0.3) is 5.91 Å². The highest BCUT2D eigenvalue weighted by Gasteiger charge is 2.39. The topological polar surface area (TPSA) is 64.6 Å². The van der Waals surface area contributed by atoms with Crippen molar-refractivity contribution in [2.24, 2.45) is 0 Å². The van der Waals surface area contributed by atoms with Crippen LogP contribution in [0.5, 0.6) is 0 Å². The van der Waals surface area contributed by atoms with Gasteiger partial charge in [0.2, 0.25) is 0 Å². The van der Waals surface area contributed by atoms with Crippen molar-refractivity contribution in [1.29, 1.82) is 0 Å². The molecule has 1 fully saturated rings. The second-order valence-electron chi connectivity index (χ2n) is 6.62. The molecule has 0 saturated carbocycles. The van der Waals surface area contributed by atoms with Gasteiger partial charge in [0, 0.05) is 0 Å². The van der Waals surface area contributed by atoms with Crippen LogP contribution in [0, 0.1) is 0 Å². The normalized spacial score (nSPS) is 21.4. The van der Waals surface area contributed by atoms with E-state index in [1.165, 1.54) is 0 Å². The molecular formula is C13H25NO4Si. The number of carbonyl (C=O) groups excluding carboxylic acids is 2. The number of amides is 1. The van der Waals surface area contributed by atoms with Crippen LogP contribution in [0.25, 0.3) is 0 Å². The number of hydrogen-bond acceptors (Lipinski definition) is 4. The fourth-order valence-corrected chi connectivity index (χ4v) is 2.97. The first-order valence-corrected chi connectivity index (χ1v) is 9.59. The summed E-state index contributed by atoms with van der Waals surface area (Å²) in [6, 6.07) is 0. The van der Waals surface area contributed by atoms with Gasteiger partial charge in [-0.2, -0.15) is 0 Å². The van der Waals surface area contributed by atoms with E-state index in [0.29, 0.717) is 6.54 Å². The van der Waals surface area contributed by atoms with Crippen molar-refractivity contribution < 1.29 is 18.8 Å². The largest absolute Gasteiger partial charge is 0.450 e. The molecule has 1 saturated heterocycles. The van der Waals surface area contributed by atoms with Gasteiger partial charge in [-0.15, -0.1) is 0 Å². The third-order valence-electron chi connectivity index (χ3n) is 3.78. The van der Waals surface area contributed by atoms with Crippen molar-refractivity contribution in [3.8, 4) is 0 Å². The second kappa shape index (κ2) is 5.62. The molecule has 6 heteroatoms. The fourth-order valence-electron chi connectivity index (χ4n) is 1.53. The van der Waals surface area contributed by atoms with Crippen LogP contribution in [-0.2, 0) is 18.8 Å². The zero-order chi connectivity index (χ0) is 14.8. The molecule has 0 aliphatic carbocycles. The number of rotatable bonds is 5. The average Bonchev–Trinajstić information content (AvgIpc) is 2.21. The standard InChI is InChI=1S/C13H25NO4Si/c1-9(18-19(5,6)13(2,3)4)7-11(15)17-10-8-14-12(10)16/h9-10H,7-8H2,1-6H3,(H,14,16)/t9-,10?/m1/s1. The molecule has 1 N–H and O–H groups in total. The summed E-state index contributed by atoms with van der Waals surface area (Å²) in [5, 5.41) is 2.64. The smallest absolute Gasteiger partial charge is 0.309 e. The van der Waals surface area contributed by atoms with Crippen molar-refractivity contribution >= 4 is 20.2 Å². The number of hydrogen-bond donors (Lipinski definition) is 1. The lowest BCUT2D eigenvalue weighted by Gasteiger charge is -2.38. The fraction of sp³-hybridized carbons (Fsp3) is 0.846. The number of ether oxygens (including phenoxy) is 1. The van der Waals surface area contributed by atoms with Crippen molar-refractivity contribution in [2.45, 2.75) is 64.5 Å². The van der Waals surface area contributed by atoms with Crippen LogP contribution in [0.3, 0.4) is 0 Å². The lowest BCUT2D eigenvalue weighted by molar-refractivity contribution is -0.162. The monoisotopic (exact) mass is 287 g/mol. The number of esters is 1. The highest BCUT2D eigenvalue weighted by molar-refractivity contribution is 6.74. The number of carbonyl (C=O) groups is 2. The van der Waals surface area contributed by atoms with Gasteiger partial charge in [0.1, 0.15) is 0 Å². The van der Waals surface area contributed by atoms with E-state index in [-0.39, 0.29) is 29.4 Å². The number of nitrogens with one attached hydrogen (secondary N) is 1. The molecule has 1 heterocycles. The molecule has 0 aromatic heterocycles. The third kappa shape index (κ3) is 4.31. The molecule has 0 bridgehead atoms. The van der Waals surface area contributed by atoms with Crippen LogP contribution < -0.4 is 5.32 Å². The quantitative estimate of drug-likeness (QED) is 0.476. The zero-order valence-electron chi connectivity index (χ0n) is 12.7. The predicted octanol–water partition coefficient (Wildman–Crippen LogP) is 1.83. The summed E-state index contributed by atoms with van der Waals surface area (Å²) in [4.78, 5) is 22.7. The van der Waals surface area contributed by atoms with Crippen LogP contribution in [0.4, 0.5) is 0 Å². The molecule has 2 atom stereocenters. The summed E-state index contributed by atoms with van der Waals surface area (Å²) in [7, 11) is -1.87. The van der Waals surface area contributed by atoms with Crippen molar-refractivity contribution in [3.63, 3.8) is 0 Å². The van der Waals surface area contributed by atoms with E-state index in [9.17, 15) is 9.59 Å². The first-order valence-electron chi connectivity index (χ1n) is 6.68. The Kier molecular flexibility index (Phi) is 4.79. The van der Waals surface area contributed by atoms with Gasteiger partial charge in [-0.3, -0.25) is 9.59 Å². The molecular weight excluding hydrogens is 262 g/mol. The SMILES string of the molecule is C[C@H](CC(=O)OC1CNC1=O)O[Si](C)(C)C(C)(C)C. The molecule has 0 aromatic rings. The minimum Gasteiger partial charge on any atom is -0.450 e. The van der Waals surface area contributed by atoms with Gasteiger partial charge in [-0.1, -0.05) is 20.8 Å². The first kappa shape index (κ1) is 16.2. The van der Waals surface area contributed by atoms with E-state index in [1.54, 1.807) is 0 Å². The first-order chi connectivity index (χ1) is 8.53. The second-order valence-corrected chi connectivity index (χ2v) is 11.4. The highest BCUT2D eigenvalue weighted by Crippen LogP contribution is 2.37. The van der Waals surface area contributed by atoms with E-state index < -0.39 is 14.4 Å². The lowest BCUT2D eigenvalue weighted by atomic mass is 10.2. The Labute approximate surface area is 116 Å². The van der Waals surface area contributed by atoms with E-state index in [4.69, 9.17) is 9.16 Å². The van der Waals surface area contributed by atoms with E-state index in [1.807, 2.05) is 6.92 Å². The Morgan fingerprint density at radius 3 is 2.42 bits per heavy atom. The molecule has 0 radical (unpaired) electrons. The summed E-state index contributed by atoms with van der Waals surface area (Å²) in [6.45, 7) is 13.1. The van der Waals surface area contributed by atoms with Crippen molar-refractivity contribution in [1.82, 2.24) is 5.32 Å². The average molecular weight is 287 g/mol. The molecule has 19 heavy (non-hydrogen) atoms. The van der Waals surface area contributed by atoms with Gasteiger partial charge in [0.05, 0.1) is 19.1 Å². The Morgan fingerprint density at radius 2 is 2.05 bits per heavy atom. The van der Waals surface area contributed by atoms with Crippen LogP contribution in [-0.4, -0.2) is 38.9 Å². The molecule has 1 amide bonds. The predicted molar refractivity (Wildman–Crippen MR) is 75.3 cm³/mol. The van der Waals surface area contributed by atoms with Gasteiger partial charge >= 0.3 is 5.97 Å². The Hall–Kier alpha value is -0.883. The van der Waals surface area contributed by atoms with Crippen LogP contribution in [0.1, 0.15) is 34.1 Å². The highest BCUT2D eigenvalue weighted by atomic mass is 28.4. The summed E-state index contributed by atoms with van der Waals surface area (Å²) < 4.78 is 11.1. The van der Waals surface area contributed by atoms with E-state index >= 15 is 0 Å². The molecule has 110 valence electrons. The van der Waals surface area contributed by atoms with Crippen molar-refractivity contribution in [3.05, 3.63) is 0 Å². The minimum atomic E-state index is -1.87. The molecule has 0 aromatic carbocycles. The molecule has 1 aliphatic heterocycles.